The van der Waals surface area contributed by atoms with E-state index in [1.165, 1.54) is 0 Å². The van der Waals surface area contributed by atoms with E-state index < -0.39 is 0 Å². The molecular weight excluding hydrogens is 324 g/mol. The van der Waals surface area contributed by atoms with Crippen LogP contribution in [0.3, 0.4) is 0 Å². The lowest BCUT2D eigenvalue weighted by Gasteiger charge is -2.20. The van der Waals surface area contributed by atoms with Crippen molar-refractivity contribution in [1.82, 2.24) is 5.32 Å². The number of carbonyl (C=O) groups excluding carboxylic acids is 2. The van der Waals surface area contributed by atoms with Crippen molar-refractivity contribution in [2.75, 3.05) is 5.32 Å². The zero-order chi connectivity index (χ0) is 17.9. The topological polar surface area (TPSA) is 58.2 Å². The Bertz CT molecular complexity index is 913. The first-order valence-corrected chi connectivity index (χ1v) is 8.54. The van der Waals surface area contributed by atoms with Gasteiger partial charge in [0.05, 0.1) is 12.5 Å². The van der Waals surface area contributed by atoms with Crippen LogP contribution in [0.4, 0.5) is 5.69 Å². The third-order valence-electron chi connectivity index (χ3n) is 4.53. The molecular formula is C22H18N2O2. The first kappa shape index (κ1) is 16.1. The number of amides is 2. The molecule has 0 saturated heterocycles. The highest BCUT2D eigenvalue weighted by Gasteiger charge is 2.21. The van der Waals surface area contributed by atoms with Crippen molar-refractivity contribution in [2.45, 2.75) is 12.5 Å². The molecule has 128 valence electrons. The maximum atomic E-state index is 12.9. The molecule has 4 rings (SSSR count). The van der Waals surface area contributed by atoms with Crippen molar-refractivity contribution in [3.05, 3.63) is 101 Å². The summed E-state index contributed by atoms with van der Waals surface area (Å²) in [4.78, 5) is 24.4. The molecule has 0 spiro atoms. The van der Waals surface area contributed by atoms with Crippen LogP contribution in [0.1, 0.15) is 33.1 Å². The van der Waals surface area contributed by atoms with Crippen LogP contribution >= 0.6 is 0 Å². The molecule has 1 aliphatic rings. The Morgan fingerprint density at radius 2 is 1.50 bits per heavy atom. The lowest BCUT2D eigenvalue weighted by atomic mass is 9.98. The highest BCUT2D eigenvalue weighted by atomic mass is 16.2. The predicted octanol–water partition coefficient (Wildman–Crippen LogP) is 3.70. The van der Waals surface area contributed by atoms with Gasteiger partial charge in [-0.25, -0.2) is 0 Å². The number of fused-ring (bicyclic) bond motifs is 1. The van der Waals surface area contributed by atoms with Gasteiger partial charge in [0.2, 0.25) is 5.91 Å². The molecule has 2 N–H and O–H groups in total. The van der Waals surface area contributed by atoms with E-state index in [9.17, 15) is 9.59 Å². The van der Waals surface area contributed by atoms with Gasteiger partial charge < -0.3 is 10.6 Å². The Morgan fingerprint density at radius 1 is 0.885 bits per heavy atom. The zero-order valence-electron chi connectivity index (χ0n) is 14.1. The van der Waals surface area contributed by atoms with Gasteiger partial charge >= 0.3 is 0 Å². The molecule has 1 aliphatic heterocycles. The number of hydrogen-bond donors (Lipinski definition) is 2. The summed E-state index contributed by atoms with van der Waals surface area (Å²) in [7, 11) is 0. The van der Waals surface area contributed by atoms with Crippen LogP contribution in [0.15, 0.2) is 78.9 Å². The molecule has 2 amide bonds. The quantitative estimate of drug-likeness (QED) is 0.759. The Morgan fingerprint density at radius 3 is 2.12 bits per heavy atom. The SMILES string of the molecule is O=C1Cc2cc(C(=O)NC(c3ccccc3)c3ccccc3)ccc2N1. The van der Waals surface area contributed by atoms with Gasteiger partial charge in [-0.15, -0.1) is 0 Å². The molecule has 0 aromatic heterocycles. The summed E-state index contributed by atoms with van der Waals surface area (Å²) in [5, 5.41) is 5.91. The van der Waals surface area contributed by atoms with E-state index in [0.29, 0.717) is 12.0 Å². The Labute approximate surface area is 151 Å². The summed E-state index contributed by atoms with van der Waals surface area (Å²) in [6.45, 7) is 0. The monoisotopic (exact) mass is 342 g/mol. The fourth-order valence-electron chi connectivity index (χ4n) is 3.24. The van der Waals surface area contributed by atoms with Gasteiger partial charge in [0.25, 0.3) is 5.91 Å². The summed E-state index contributed by atoms with van der Waals surface area (Å²) >= 11 is 0. The number of anilines is 1. The van der Waals surface area contributed by atoms with E-state index in [4.69, 9.17) is 0 Å². The number of hydrogen-bond acceptors (Lipinski definition) is 2. The highest BCUT2D eigenvalue weighted by Crippen LogP contribution is 2.25. The van der Waals surface area contributed by atoms with Crippen molar-refractivity contribution in [2.24, 2.45) is 0 Å². The minimum absolute atomic E-state index is 0.0380. The normalized spacial score (nSPS) is 12.6. The number of carbonyl (C=O) groups is 2. The number of rotatable bonds is 4. The van der Waals surface area contributed by atoms with E-state index in [1.54, 1.807) is 18.2 Å². The third-order valence-corrected chi connectivity index (χ3v) is 4.53. The first-order chi connectivity index (χ1) is 12.7. The van der Waals surface area contributed by atoms with Gasteiger partial charge in [-0.05, 0) is 34.9 Å². The van der Waals surface area contributed by atoms with Crippen LogP contribution in [-0.4, -0.2) is 11.8 Å². The van der Waals surface area contributed by atoms with Crippen molar-refractivity contribution in [3.63, 3.8) is 0 Å². The van der Waals surface area contributed by atoms with E-state index in [2.05, 4.69) is 10.6 Å². The maximum Gasteiger partial charge on any atom is 0.252 e. The number of benzene rings is 3. The second-order valence-electron chi connectivity index (χ2n) is 6.32. The molecule has 0 radical (unpaired) electrons. The van der Waals surface area contributed by atoms with Crippen LogP contribution in [0, 0.1) is 0 Å². The zero-order valence-corrected chi connectivity index (χ0v) is 14.1. The molecule has 3 aromatic rings. The molecule has 26 heavy (non-hydrogen) atoms. The summed E-state index contributed by atoms with van der Waals surface area (Å²) in [6, 6.07) is 24.9. The van der Waals surface area contributed by atoms with E-state index in [0.717, 1.165) is 22.4 Å². The first-order valence-electron chi connectivity index (χ1n) is 8.54. The van der Waals surface area contributed by atoms with E-state index in [1.807, 2.05) is 60.7 Å². The molecule has 0 bridgehead atoms. The van der Waals surface area contributed by atoms with Crippen molar-refractivity contribution < 1.29 is 9.59 Å². The van der Waals surface area contributed by atoms with Gasteiger partial charge in [-0.1, -0.05) is 60.7 Å². The predicted molar refractivity (Wildman–Crippen MR) is 101 cm³/mol. The van der Waals surface area contributed by atoms with E-state index >= 15 is 0 Å². The molecule has 4 heteroatoms. The van der Waals surface area contributed by atoms with Crippen LogP contribution in [0.2, 0.25) is 0 Å². The summed E-state index contributed by atoms with van der Waals surface area (Å²) < 4.78 is 0. The molecule has 0 atom stereocenters. The van der Waals surface area contributed by atoms with Crippen LogP contribution in [0.5, 0.6) is 0 Å². The average molecular weight is 342 g/mol. The smallest absolute Gasteiger partial charge is 0.252 e. The second-order valence-corrected chi connectivity index (χ2v) is 6.32. The summed E-state index contributed by atoms with van der Waals surface area (Å²) in [5.74, 6) is -0.200. The lowest BCUT2D eigenvalue weighted by Crippen LogP contribution is -2.29. The van der Waals surface area contributed by atoms with E-state index in [-0.39, 0.29) is 17.9 Å². The van der Waals surface area contributed by atoms with Crippen molar-refractivity contribution >= 4 is 17.5 Å². The molecule has 0 fully saturated rings. The summed E-state index contributed by atoms with van der Waals surface area (Å²) in [5.41, 5.74) is 4.24. The Balaban J connectivity index is 1.63. The minimum Gasteiger partial charge on any atom is -0.341 e. The molecule has 0 aliphatic carbocycles. The van der Waals surface area contributed by atoms with Gasteiger partial charge in [-0.3, -0.25) is 9.59 Å². The molecule has 0 unspecified atom stereocenters. The third kappa shape index (κ3) is 3.22. The standard InChI is InChI=1S/C22H18N2O2/c25-20-14-18-13-17(11-12-19(18)23-20)22(26)24-21(15-7-3-1-4-8-15)16-9-5-2-6-10-16/h1-13,21H,14H2,(H,23,25)(H,24,26). The van der Waals surface area contributed by atoms with Gasteiger partial charge in [0.15, 0.2) is 0 Å². The fourth-order valence-corrected chi connectivity index (χ4v) is 3.24. The molecule has 4 nitrogen and oxygen atoms in total. The average Bonchev–Trinajstić information content (AvgIpc) is 3.06. The minimum atomic E-state index is -0.238. The Hall–Kier alpha value is -3.40. The molecule has 1 heterocycles. The summed E-state index contributed by atoms with van der Waals surface area (Å²) in [6.07, 6.45) is 0.317. The van der Waals surface area contributed by atoms with Crippen molar-refractivity contribution in [1.29, 1.82) is 0 Å². The second kappa shape index (κ2) is 6.84. The van der Waals surface area contributed by atoms with Crippen molar-refractivity contribution in [3.8, 4) is 0 Å². The highest BCUT2D eigenvalue weighted by molar-refractivity contribution is 6.01. The lowest BCUT2D eigenvalue weighted by molar-refractivity contribution is -0.115. The fraction of sp³-hybridized carbons (Fsp3) is 0.0909. The maximum absolute atomic E-state index is 12.9. The van der Waals surface area contributed by atoms with Crippen LogP contribution < -0.4 is 10.6 Å². The molecule has 0 saturated carbocycles. The van der Waals surface area contributed by atoms with Gasteiger partial charge in [0.1, 0.15) is 0 Å². The number of nitrogens with one attached hydrogen (secondary N) is 2. The largest absolute Gasteiger partial charge is 0.341 e. The van der Waals surface area contributed by atoms with Crippen LogP contribution in [0.25, 0.3) is 0 Å². The Kier molecular flexibility index (Phi) is 4.23. The van der Waals surface area contributed by atoms with Crippen LogP contribution in [-0.2, 0) is 11.2 Å². The van der Waals surface area contributed by atoms with Gasteiger partial charge in [0, 0.05) is 11.3 Å². The van der Waals surface area contributed by atoms with Gasteiger partial charge in [-0.2, -0.15) is 0 Å². The molecule has 3 aromatic carbocycles.